The smallest absolute Gasteiger partial charge is 0.308 e. The zero-order valence-electron chi connectivity index (χ0n) is 6.08. The number of carbonyl (C=O) groups is 1. The van der Waals surface area contributed by atoms with Crippen LogP contribution < -0.4 is 0 Å². The third kappa shape index (κ3) is 2.20. The number of hydrogen-bond donors (Lipinski definition) is 2. The Labute approximate surface area is 78.2 Å². The largest absolute Gasteiger partial charge is 0.481 e. The summed E-state index contributed by atoms with van der Waals surface area (Å²) in [5.74, 6) is -0.891. The Morgan fingerprint density at radius 3 is 2.75 bits per heavy atom. The van der Waals surface area contributed by atoms with Crippen molar-refractivity contribution < 1.29 is 15.0 Å². The lowest BCUT2D eigenvalue weighted by Gasteiger charge is -1.86. The summed E-state index contributed by atoms with van der Waals surface area (Å²) >= 11 is 6.89. The number of hydrogen-bond acceptors (Lipinski definition) is 3. The maximum absolute atomic E-state index is 10.3. The number of aliphatic hydroxyl groups is 1. The molecular formula is C7H7ClO3S. The van der Waals surface area contributed by atoms with Crippen LogP contribution in [0.4, 0.5) is 0 Å². The van der Waals surface area contributed by atoms with Crippen LogP contribution in [0.15, 0.2) is 6.07 Å². The summed E-state index contributed by atoms with van der Waals surface area (Å²) in [5, 5.41) is 17.2. The number of rotatable bonds is 3. The molecule has 3 nitrogen and oxygen atoms in total. The fourth-order valence-corrected chi connectivity index (χ4v) is 2.10. The van der Waals surface area contributed by atoms with Crippen LogP contribution in [0.25, 0.3) is 0 Å². The summed E-state index contributed by atoms with van der Waals surface area (Å²) in [5.41, 5.74) is 0.595. The summed E-state index contributed by atoms with van der Waals surface area (Å²) < 4.78 is 0.466. The van der Waals surface area contributed by atoms with Crippen molar-refractivity contribution in [1.29, 1.82) is 0 Å². The second-order valence-electron chi connectivity index (χ2n) is 2.24. The van der Waals surface area contributed by atoms with E-state index in [1.54, 1.807) is 6.07 Å². The zero-order chi connectivity index (χ0) is 9.14. The molecule has 1 aromatic heterocycles. The number of aliphatic carboxylic acids is 1. The van der Waals surface area contributed by atoms with Gasteiger partial charge in [-0.15, -0.1) is 11.3 Å². The zero-order valence-corrected chi connectivity index (χ0v) is 7.65. The van der Waals surface area contributed by atoms with E-state index in [-0.39, 0.29) is 13.0 Å². The first-order valence-corrected chi connectivity index (χ1v) is 4.42. The summed E-state index contributed by atoms with van der Waals surface area (Å²) in [6.45, 7) is -0.144. The van der Waals surface area contributed by atoms with Gasteiger partial charge in [-0.2, -0.15) is 0 Å². The Balaban J connectivity index is 2.82. The van der Waals surface area contributed by atoms with Gasteiger partial charge in [0.2, 0.25) is 0 Å². The third-order valence-electron chi connectivity index (χ3n) is 1.30. The van der Waals surface area contributed by atoms with E-state index in [2.05, 4.69) is 0 Å². The fourth-order valence-electron chi connectivity index (χ4n) is 0.805. The molecule has 0 spiro atoms. The molecule has 0 unspecified atom stereocenters. The lowest BCUT2D eigenvalue weighted by Crippen LogP contribution is -1.97. The van der Waals surface area contributed by atoms with Crippen molar-refractivity contribution in [2.75, 3.05) is 0 Å². The van der Waals surface area contributed by atoms with Crippen LogP contribution in [0.3, 0.4) is 0 Å². The molecule has 2 N–H and O–H groups in total. The highest BCUT2D eigenvalue weighted by Crippen LogP contribution is 2.27. The molecule has 0 amide bonds. The van der Waals surface area contributed by atoms with E-state index in [4.69, 9.17) is 21.8 Å². The van der Waals surface area contributed by atoms with E-state index in [0.29, 0.717) is 14.8 Å². The second kappa shape index (κ2) is 3.89. The molecular weight excluding hydrogens is 200 g/mol. The van der Waals surface area contributed by atoms with E-state index < -0.39 is 5.97 Å². The maximum atomic E-state index is 10.3. The van der Waals surface area contributed by atoms with Gasteiger partial charge in [-0.1, -0.05) is 11.6 Å². The fraction of sp³-hybridized carbons (Fsp3) is 0.286. The van der Waals surface area contributed by atoms with Crippen LogP contribution in [0, 0.1) is 0 Å². The van der Waals surface area contributed by atoms with E-state index in [0.717, 1.165) is 0 Å². The molecule has 0 saturated carbocycles. The van der Waals surface area contributed by atoms with Crippen LogP contribution in [-0.4, -0.2) is 16.2 Å². The van der Waals surface area contributed by atoms with Crippen molar-refractivity contribution in [1.82, 2.24) is 0 Å². The SMILES string of the molecule is O=C(O)Cc1cc(CO)c(Cl)s1. The van der Waals surface area contributed by atoms with Crippen LogP contribution in [0.5, 0.6) is 0 Å². The Hall–Kier alpha value is -0.580. The number of halogens is 1. The topological polar surface area (TPSA) is 57.5 Å². The molecule has 0 aliphatic carbocycles. The second-order valence-corrected chi connectivity index (χ2v) is 3.98. The van der Waals surface area contributed by atoms with Crippen LogP contribution >= 0.6 is 22.9 Å². The molecule has 0 aromatic carbocycles. The van der Waals surface area contributed by atoms with Gasteiger partial charge in [0.1, 0.15) is 0 Å². The Morgan fingerprint density at radius 2 is 2.33 bits per heavy atom. The van der Waals surface area contributed by atoms with Gasteiger partial charge in [0, 0.05) is 10.4 Å². The molecule has 5 heteroatoms. The monoisotopic (exact) mass is 206 g/mol. The molecule has 0 aliphatic rings. The summed E-state index contributed by atoms with van der Waals surface area (Å²) in [4.78, 5) is 10.9. The molecule has 0 atom stereocenters. The minimum atomic E-state index is -0.891. The minimum Gasteiger partial charge on any atom is -0.481 e. The Kier molecular flexibility index (Phi) is 3.08. The summed E-state index contributed by atoms with van der Waals surface area (Å²) in [6.07, 6.45) is -0.0373. The molecule has 0 saturated heterocycles. The molecule has 0 radical (unpaired) electrons. The van der Waals surface area contributed by atoms with Gasteiger partial charge in [-0.3, -0.25) is 4.79 Å². The van der Waals surface area contributed by atoms with Gasteiger partial charge < -0.3 is 10.2 Å². The van der Waals surface area contributed by atoms with Gasteiger partial charge in [-0.05, 0) is 6.07 Å². The molecule has 0 aliphatic heterocycles. The highest BCUT2D eigenvalue weighted by Gasteiger charge is 2.08. The molecule has 0 fully saturated rings. The maximum Gasteiger partial charge on any atom is 0.308 e. The number of thiophene rings is 1. The van der Waals surface area contributed by atoms with E-state index in [1.165, 1.54) is 11.3 Å². The molecule has 0 bridgehead atoms. The number of carboxylic acids is 1. The van der Waals surface area contributed by atoms with Crippen molar-refractivity contribution in [2.45, 2.75) is 13.0 Å². The van der Waals surface area contributed by atoms with Crippen molar-refractivity contribution in [2.24, 2.45) is 0 Å². The average Bonchev–Trinajstić information content (AvgIpc) is 2.29. The van der Waals surface area contributed by atoms with E-state index in [1.807, 2.05) is 0 Å². The van der Waals surface area contributed by atoms with Crippen LogP contribution in [0.2, 0.25) is 4.34 Å². The molecule has 1 aromatic rings. The highest BCUT2D eigenvalue weighted by atomic mass is 35.5. The number of aliphatic hydroxyl groups excluding tert-OH is 1. The third-order valence-corrected chi connectivity index (χ3v) is 2.74. The van der Waals surface area contributed by atoms with Gasteiger partial charge in [-0.25, -0.2) is 0 Å². The van der Waals surface area contributed by atoms with Crippen molar-refractivity contribution in [3.8, 4) is 0 Å². The van der Waals surface area contributed by atoms with Gasteiger partial charge in [0.25, 0.3) is 0 Å². The first kappa shape index (κ1) is 9.51. The molecule has 12 heavy (non-hydrogen) atoms. The van der Waals surface area contributed by atoms with Crippen molar-refractivity contribution in [3.05, 3.63) is 20.8 Å². The van der Waals surface area contributed by atoms with Crippen LogP contribution in [-0.2, 0) is 17.8 Å². The Morgan fingerprint density at radius 1 is 1.67 bits per heavy atom. The lowest BCUT2D eigenvalue weighted by atomic mass is 10.3. The predicted molar refractivity (Wildman–Crippen MR) is 46.6 cm³/mol. The first-order chi connectivity index (χ1) is 5.63. The van der Waals surface area contributed by atoms with Gasteiger partial charge >= 0.3 is 5.97 Å². The highest BCUT2D eigenvalue weighted by molar-refractivity contribution is 7.16. The summed E-state index contributed by atoms with van der Waals surface area (Å²) in [6, 6.07) is 1.61. The van der Waals surface area contributed by atoms with Gasteiger partial charge in [0.15, 0.2) is 0 Å². The average molecular weight is 207 g/mol. The standard InChI is InChI=1S/C7H7ClO3S/c8-7-4(3-9)1-5(12-7)2-6(10)11/h1,9H,2-3H2,(H,10,11). The minimum absolute atomic E-state index is 0.0373. The van der Waals surface area contributed by atoms with Crippen molar-refractivity contribution >= 4 is 28.9 Å². The van der Waals surface area contributed by atoms with E-state index >= 15 is 0 Å². The molecule has 1 heterocycles. The van der Waals surface area contributed by atoms with Crippen molar-refractivity contribution in [3.63, 3.8) is 0 Å². The Bertz CT molecular complexity index is 295. The predicted octanol–water partition coefficient (Wildman–Crippen LogP) is 1.52. The van der Waals surface area contributed by atoms with Crippen LogP contribution in [0.1, 0.15) is 10.4 Å². The summed E-state index contributed by atoms with van der Waals surface area (Å²) in [7, 11) is 0. The first-order valence-electron chi connectivity index (χ1n) is 3.23. The molecule has 66 valence electrons. The number of carboxylic acid groups (broad SMARTS) is 1. The lowest BCUT2D eigenvalue weighted by molar-refractivity contribution is -0.136. The normalized spacial score (nSPS) is 10.2. The molecule has 1 rings (SSSR count). The quantitative estimate of drug-likeness (QED) is 0.789. The van der Waals surface area contributed by atoms with Gasteiger partial charge in [0.05, 0.1) is 17.4 Å². The van der Waals surface area contributed by atoms with E-state index in [9.17, 15) is 4.79 Å².